The molecule has 2 amide bonds. The van der Waals surface area contributed by atoms with Crippen molar-refractivity contribution in [2.45, 2.75) is 19.8 Å². The summed E-state index contributed by atoms with van der Waals surface area (Å²) in [6.45, 7) is 1.77. The standard InChI is InChI=1S/C14H18N2O4/c1-10(17)15-12-6-3-5-11(9-12)14(20)16(2)8-4-7-13(18)19/h3,5-6,9H,4,7-8H2,1-2H3,(H,15,17)(H,18,19). The number of hydrogen-bond acceptors (Lipinski definition) is 3. The number of nitrogens with zero attached hydrogens (tertiary/aromatic N) is 1. The second-order valence-corrected chi connectivity index (χ2v) is 4.49. The molecule has 0 fully saturated rings. The van der Waals surface area contributed by atoms with E-state index in [0.29, 0.717) is 24.2 Å². The number of carboxylic acids is 1. The lowest BCUT2D eigenvalue weighted by Gasteiger charge is -2.17. The maximum atomic E-state index is 12.1. The lowest BCUT2D eigenvalue weighted by molar-refractivity contribution is -0.137. The van der Waals surface area contributed by atoms with E-state index >= 15 is 0 Å². The first kappa shape index (κ1) is 15.7. The minimum Gasteiger partial charge on any atom is -0.481 e. The van der Waals surface area contributed by atoms with Gasteiger partial charge in [0, 0.05) is 38.2 Å². The van der Waals surface area contributed by atoms with Gasteiger partial charge in [-0.2, -0.15) is 0 Å². The Morgan fingerprint density at radius 3 is 2.60 bits per heavy atom. The number of carbonyl (C=O) groups is 3. The zero-order chi connectivity index (χ0) is 15.1. The topological polar surface area (TPSA) is 86.7 Å². The van der Waals surface area contributed by atoms with E-state index in [1.54, 1.807) is 31.3 Å². The van der Waals surface area contributed by atoms with Gasteiger partial charge in [-0.3, -0.25) is 14.4 Å². The Morgan fingerprint density at radius 2 is 2.00 bits per heavy atom. The van der Waals surface area contributed by atoms with E-state index in [4.69, 9.17) is 5.11 Å². The summed E-state index contributed by atoms with van der Waals surface area (Å²) in [6, 6.07) is 6.63. The maximum absolute atomic E-state index is 12.1. The van der Waals surface area contributed by atoms with Crippen LogP contribution in [0.4, 0.5) is 5.69 Å². The van der Waals surface area contributed by atoms with E-state index in [1.165, 1.54) is 11.8 Å². The van der Waals surface area contributed by atoms with Crippen LogP contribution in [0, 0.1) is 0 Å². The number of carbonyl (C=O) groups excluding carboxylic acids is 2. The molecule has 0 aliphatic carbocycles. The third kappa shape index (κ3) is 5.09. The molecule has 0 heterocycles. The molecule has 0 bridgehead atoms. The quantitative estimate of drug-likeness (QED) is 0.827. The number of hydrogen-bond donors (Lipinski definition) is 2. The Morgan fingerprint density at radius 1 is 1.30 bits per heavy atom. The summed E-state index contributed by atoms with van der Waals surface area (Å²) >= 11 is 0. The van der Waals surface area contributed by atoms with Gasteiger partial charge in [-0.15, -0.1) is 0 Å². The molecule has 0 aliphatic heterocycles. The van der Waals surface area contributed by atoms with Crippen LogP contribution in [0.15, 0.2) is 24.3 Å². The molecule has 6 heteroatoms. The molecule has 2 N–H and O–H groups in total. The van der Waals surface area contributed by atoms with Crippen LogP contribution < -0.4 is 5.32 Å². The summed E-state index contributed by atoms with van der Waals surface area (Å²) < 4.78 is 0. The van der Waals surface area contributed by atoms with Gasteiger partial charge in [0.05, 0.1) is 0 Å². The Kier molecular flexibility index (Phi) is 5.71. The summed E-state index contributed by atoms with van der Waals surface area (Å²) in [5, 5.41) is 11.2. The smallest absolute Gasteiger partial charge is 0.303 e. The van der Waals surface area contributed by atoms with E-state index in [9.17, 15) is 14.4 Å². The molecule has 20 heavy (non-hydrogen) atoms. The summed E-state index contributed by atoms with van der Waals surface area (Å²) in [7, 11) is 1.62. The molecule has 0 aromatic heterocycles. The Labute approximate surface area is 117 Å². The molecule has 0 aliphatic rings. The zero-order valence-electron chi connectivity index (χ0n) is 11.5. The van der Waals surface area contributed by atoms with Gasteiger partial charge in [0.25, 0.3) is 5.91 Å². The number of anilines is 1. The summed E-state index contributed by atoms with van der Waals surface area (Å²) in [5.74, 6) is -1.29. The molecule has 0 unspecified atom stereocenters. The van der Waals surface area contributed by atoms with Crippen molar-refractivity contribution in [2.75, 3.05) is 18.9 Å². The van der Waals surface area contributed by atoms with Crippen LogP contribution in [0.2, 0.25) is 0 Å². The number of carboxylic acid groups (broad SMARTS) is 1. The van der Waals surface area contributed by atoms with Crippen LogP contribution >= 0.6 is 0 Å². The lowest BCUT2D eigenvalue weighted by Crippen LogP contribution is -2.28. The normalized spacial score (nSPS) is 9.90. The van der Waals surface area contributed by atoms with Gasteiger partial charge in [-0.25, -0.2) is 0 Å². The molecular weight excluding hydrogens is 260 g/mol. The average molecular weight is 278 g/mol. The highest BCUT2D eigenvalue weighted by molar-refractivity contribution is 5.96. The Balaban J connectivity index is 2.66. The molecule has 0 radical (unpaired) electrons. The fourth-order valence-corrected chi connectivity index (χ4v) is 1.72. The minimum absolute atomic E-state index is 0.0313. The largest absolute Gasteiger partial charge is 0.481 e. The van der Waals surface area contributed by atoms with Crippen molar-refractivity contribution in [1.82, 2.24) is 4.90 Å². The second-order valence-electron chi connectivity index (χ2n) is 4.49. The minimum atomic E-state index is -0.876. The van der Waals surface area contributed by atoms with Gasteiger partial charge in [-0.05, 0) is 24.6 Å². The van der Waals surface area contributed by atoms with E-state index in [0.717, 1.165) is 0 Å². The average Bonchev–Trinajstić information content (AvgIpc) is 2.36. The van der Waals surface area contributed by atoms with Gasteiger partial charge >= 0.3 is 5.97 Å². The maximum Gasteiger partial charge on any atom is 0.303 e. The summed E-state index contributed by atoms with van der Waals surface area (Å²) in [6.07, 6.45) is 0.437. The van der Waals surface area contributed by atoms with Gasteiger partial charge in [0.1, 0.15) is 0 Å². The first-order chi connectivity index (χ1) is 9.40. The number of nitrogens with one attached hydrogen (secondary N) is 1. The molecule has 1 aromatic rings. The monoisotopic (exact) mass is 278 g/mol. The number of amides is 2. The highest BCUT2D eigenvalue weighted by Crippen LogP contribution is 2.12. The second kappa shape index (κ2) is 7.28. The van der Waals surface area contributed by atoms with Crippen LogP contribution in [0.3, 0.4) is 0 Å². The molecule has 108 valence electrons. The first-order valence-corrected chi connectivity index (χ1v) is 6.25. The highest BCUT2D eigenvalue weighted by atomic mass is 16.4. The van der Waals surface area contributed by atoms with E-state index in [-0.39, 0.29) is 18.2 Å². The van der Waals surface area contributed by atoms with Crippen molar-refractivity contribution in [3.05, 3.63) is 29.8 Å². The third-order valence-corrected chi connectivity index (χ3v) is 2.66. The number of aliphatic carboxylic acids is 1. The number of rotatable bonds is 6. The van der Waals surface area contributed by atoms with Crippen LogP contribution in [0.25, 0.3) is 0 Å². The molecule has 0 saturated heterocycles. The van der Waals surface area contributed by atoms with Crippen LogP contribution in [0.5, 0.6) is 0 Å². The molecule has 1 aromatic carbocycles. The predicted octanol–water partition coefficient (Wildman–Crippen LogP) is 1.58. The third-order valence-electron chi connectivity index (χ3n) is 2.66. The van der Waals surface area contributed by atoms with Crippen molar-refractivity contribution in [3.63, 3.8) is 0 Å². The fraction of sp³-hybridized carbons (Fsp3) is 0.357. The van der Waals surface area contributed by atoms with Crippen molar-refractivity contribution in [3.8, 4) is 0 Å². The van der Waals surface area contributed by atoms with Gasteiger partial charge in [0.2, 0.25) is 5.91 Å². The van der Waals surface area contributed by atoms with Gasteiger partial charge in [-0.1, -0.05) is 6.07 Å². The van der Waals surface area contributed by atoms with Crippen molar-refractivity contribution in [1.29, 1.82) is 0 Å². The van der Waals surface area contributed by atoms with Gasteiger partial charge in [0.15, 0.2) is 0 Å². The molecule has 0 saturated carbocycles. The summed E-state index contributed by atoms with van der Waals surface area (Å²) in [5.41, 5.74) is 1.01. The fourth-order valence-electron chi connectivity index (χ4n) is 1.72. The lowest BCUT2D eigenvalue weighted by atomic mass is 10.1. The predicted molar refractivity (Wildman–Crippen MR) is 74.6 cm³/mol. The zero-order valence-corrected chi connectivity index (χ0v) is 11.5. The van der Waals surface area contributed by atoms with Crippen LogP contribution in [-0.4, -0.2) is 41.4 Å². The van der Waals surface area contributed by atoms with Crippen molar-refractivity contribution in [2.24, 2.45) is 0 Å². The van der Waals surface area contributed by atoms with Crippen molar-refractivity contribution >= 4 is 23.5 Å². The van der Waals surface area contributed by atoms with E-state index in [2.05, 4.69) is 5.32 Å². The molecule has 6 nitrogen and oxygen atoms in total. The molecular formula is C14H18N2O4. The van der Waals surface area contributed by atoms with Crippen LogP contribution in [-0.2, 0) is 9.59 Å². The van der Waals surface area contributed by atoms with E-state index in [1.807, 2.05) is 0 Å². The van der Waals surface area contributed by atoms with Crippen LogP contribution in [0.1, 0.15) is 30.1 Å². The van der Waals surface area contributed by atoms with Gasteiger partial charge < -0.3 is 15.3 Å². The highest BCUT2D eigenvalue weighted by Gasteiger charge is 2.12. The first-order valence-electron chi connectivity index (χ1n) is 6.25. The number of benzene rings is 1. The SMILES string of the molecule is CC(=O)Nc1cccc(C(=O)N(C)CCCC(=O)O)c1. The molecule has 1 rings (SSSR count). The Bertz CT molecular complexity index is 514. The molecule has 0 atom stereocenters. The summed E-state index contributed by atoms with van der Waals surface area (Å²) in [4.78, 5) is 35.0. The van der Waals surface area contributed by atoms with E-state index < -0.39 is 5.97 Å². The Hall–Kier alpha value is -2.37. The van der Waals surface area contributed by atoms with Crippen molar-refractivity contribution < 1.29 is 19.5 Å². The molecule has 0 spiro atoms.